The van der Waals surface area contributed by atoms with E-state index in [1.54, 1.807) is 0 Å². The number of benzene rings is 4. The molecule has 0 nitrogen and oxygen atoms in total. The van der Waals surface area contributed by atoms with E-state index in [0.29, 0.717) is 5.92 Å². The summed E-state index contributed by atoms with van der Waals surface area (Å²) in [6, 6.07) is 33.4. The van der Waals surface area contributed by atoms with E-state index in [0.717, 1.165) is 6.42 Å². The maximum Gasteiger partial charge on any atom is -0.0140 e. The highest BCUT2D eigenvalue weighted by atomic mass is 14.2. The van der Waals surface area contributed by atoms with Gasteiger partial charge in [-0.05, 0) is 76.8 Å². The van der Waals surface area contributed by atoms with Crippen LogP contribution in [0.1, 0.15) is 42.9 Å². The van der Waals surface area contributed by atoms with Gasteiger partial charge in [0.05, 0.1) is 0 Å². The second kappa shape index (κ2) is 8.71. The van der Waals surface area contributed by atoms with E-state index in [4.69, 9.17) is 0 Å². The molecule has 4 rings (SSSR count). The van der Waals surface area contributed by atoms with E-state index in [-0.39, 0.29) is 0 Å². The molecule has 0 radical (unpaired) electrons. The first-order chi connectivity index (χ1) is 14.6. The standard InChI is InChI=1S/C30H30/c1-5-22(3)29-19-18-27(20-30(29)28-9-7-6-8-23(28)4)26-16-14-25(15-17-26)24-12-10-21(2)11-13-24/h6-20,22H,5H2,1-4H3. The Labute approximate surface area is 181 Å². The summed E-state index contributed by atoms with van der Waals surface area (Å²) in [4.78, 5) is 0. The predicted octanol–water partition coefficient (Wildman–Crippen LogP) is 8.82. The van der Waals surface area contributed by atoms with Gasteiger partial charge in [-0.2, -0.15) is 0 Å². The molecule has 0 amide bonds. The van der Waals surface area contributed by atoms with Gasteiger partial charge in [0.15, 0.2) is 0 Å². The van der Waals surface area contributed by atoms with Gasteiger partial charge in [-0.25, -0.2) is 0 Å². The van der Waals surface area contributed by atoms with Crippen LogP contribution in [0.5, 0.6) is 0 Å². The van der Waals surface area contributed by atoms with Gasteiger partial charge in [0, 0.05) is 0 Å². The van der Waals surface area contributed by atoms with Crippen LogP contribution in [0.2, 0.25) is 0 Å². The van der Waals surface area contributed by atoms with Crippen LogP contribution in [-0.2, 0) is 0 Å². The summed E-state index contributed by atoms with van der Waals surface area (Å²) in [5.74, 6) is 0.539. The lowest BCUT2D eigenvalue weighted by Gasteiger charge is -2.18. The number of aryl methyl sites for hydroxylation is 2. The Kier molecular flexibility index (Phi) is 5.86. The van der Waals surface area contributed by atoms with Crippen molar-refractivity contribution in [2.75, 3.05) is 0 Å². The molecule has 0 bridgehead atoms. The van der Waals surface area contributed by atoms with Crippen LogP contribution in [0.4, 0.5) is 0 Å². The smallest absolute Gasteiger partial charge is 0.0140 e. The molecule has 0 aromatic heterocycles. The molecule has 0 saturated heterocycles. The molecular weight excluding hydrogens is 360 g/mol. The molecule has 0 aliphatic heterocycles. The molecule has 0 heteroatoms. The van der Waals surface area contributed by atoms with Crippen molar-refractivity contribution in [2.24, 2.45) is 0 Å². The van der Waals surface area contributed by atoms with E-state index >= 15 is 0 Å². The summed E-state index contributed by atoms with van der Waals surface area (Å²) in [6.45, 7) is 8.93. The van der Waals surface area contributed by atoms with Gasteiger partial charge in [0.25, 0.3) is 0 Å². The van der Waals surface area contributed by atoms with Gasteiger partial charge in [-0.1, -0.05) is 104 Å². The fraction of sp³-hybridized carbons (Fsp3) is 0.200. The van der Waals surface area contributed by atoms with Crippen LogP contribution >= 0.6 is 0 Å². The topological polar surface area (TPSA) is 0 Å². The first-order valence-corrected chi connectivity index (χ1v) is 10.9. The van der Waals surface area contributed by atoms with Crippen molar-refractivity contribution in [1.29, 1.82) is 0 Å². The van der Waals surface area contributed by atoms with E-state index in [1.165, 1.54) is 50.1 Å². The quantitative estimate of drug-likeness (QED) is 0.319. The van der Waals surface area contributed by atoms with Crippen molar-refractivity contribution in [1.82, 2.24) is 0 Å². The van der Waals surface area contributed by atoms with Gasteiger partial charge in [-0.15, -0.1) is 0 Å². The predicted molar refractivity (Wildman–Crippen MR) is 131 cm³/mol. The molecule has 0 heterocycles. The summed E-state index contributed by atoms with van der Waals surface area (Å²) in [5.41, 5.74) is 11.8. The molecule has 0 aliphatic rings. The number of hydrogen-bond donors (Lipinski definition) is 0. The molecule has 30 heavy (non-hydrogen) atoms. The zero-order valence-electron chi connectivity index (χ0n) is 18.4. The van der Waals surface area contributed by atoms with E-state index < -0.39 is 0 Å². The molecule has 0 fully saturated rings. The Balaban J connectivity index is 1.75. The van der Waals surface area contributed by atoms with Crippen molar-refractivity contribution < 1.29 is 0 Å². The second-order valence-electron chi connectivity index (χ2n) is 8.37. The third-order valence-corrected chi connectivity index (χ3v) is 6.23. The average Bonchev–Trinajstić information content (AvgIpc) is 2.79. The normalized spacial score (nSPS) is 12.0. The maximum atomic E-state index is 2.38. The SMILES string of the molecule is CCC(C)c1ccc(-c2ccc(-c3ccc(C)cc3)cc2)cc1-c1ccccc1C. The minimum absolute atomic E-state index is 0.539. The van der Waals surface area contributed by atoms with Crippen molar-refractivity contribution in [3.05, 3.63) is 108 Å². The van der Waals surface area contributed by atoms with Crippen molar-refractivity contribution >= 4 is 0 Å². The average molecular weight is 391 g/mol. The van der Waals surface area contributed by atoms with E-state index in [2.05, 4.69) is 119 Å². The lowest BCUT2D eigenvalue weighted by molar-refractivity contribution is 0.735. The molecule has 4 aromatic carbocycles. The Morgan fingerprint density at radius 3 is 1.73 bits per heavy atom. The van der Waals surface area contributed by atoms with Gasteiger partial charge in [-0.3, -0.25) is 0 Å². The zero-order chi connectivity index (χ0) is 21.1. The zero-order valence-corrected chi connectivity index (χ0v) is 18.4. The fourth-order valence-corrected chi connectivity index (χ4v) is 4.09. The van der Waals surface area contributed by atoms with Crippen LogP contribution in [0.3, 0.4) is 0 Å². The van der Waals surface area contributed by atoms with Crippen LogP contribution < -0.4 is 0 Å². The van der Waals surface area contributed by atoms with Crippen molar-refractivity contribution in [2.45, 2.75) is 40.0 Å². The third-order valence-electron chi connectivity index (χ3n) is 6.23. The first kappa shape index (κ1) is 20.2. The summed E-state index contributed by atoms with van der Waals surface area (Å²) in [6.07, 6.45) is 1.14. The summed E-state index contributed by atoms with van der Waals surface area (Å²) in [5, 5.41) is 0. The molecule has 0 N–H and O–H groups in total. The Bertz CT molecular complexity index is 1130. The Hall–Kier alpha value is -3.12. The lowest BCUT2D eigenvalue weighted by Crippen LogP contribution is -1.97. The maximum absolute atomic E-state index is 2.38. The van der Waals surface area contributed by atoms with Gasteiger partial charge >= 0.3 is 0 Å². The Morgan fingerprint density at radius 2 is 1.13 bits per heavy atom. The van der Waals surface area contributed by atoms with Gasteiger partial charge in [0.1, 0.15) is 0 Å². The minimum atomic E-state index is 0.539. The highest BCUT2D eigenvalue weighted by Crippen LogP contribution is 2.36. The van der Waals surface area contributed by atoms with Gasteiger partial charge < -0.3 is 0 Å². The summed E-state index contributed by atoms with van der Waals surface area (Å²) < 4.78 is 0. The Morgan fingerprint density at radius 1 is 0.600 bits per heavy atom. The molecule has 0 spiro atoms. The molecule has 1 atom stereocenters. The fourth-order valence-electron chi connectivity index (χ4n) is 4.09. The highest BCUT2D eigenvalue weighted by Gasteiger charge is 2.14. The monoisotopic (exact) mass is 390 g/mol. The lowest BCUT2D eigenvalue weighted by atomic mass is 9.86. The minimum Gasteiger partial charge on any atom is -0.0648 e. The largest absolute Gasteiger partial charge is 0.0648 e. The molecule has 1 unspecified atom stereocenters. The van der Waals surface area contributed by atoms with Crippen LogP contribution in [-0.4, -0.2) is 0 Å². The number of hydrogen-bond acceptors (Lipinski definition) is 0. The molecular formula is C30H30. The van der Waals surface area contributed by atoms with E-state index in [1.807, 2.05) is 0 Å². The first-order valence-electron chi connectivity index (χ1n) is 10.9. The molecule has 0 saturated carbocycles. The van der Waals surface area contributed by atoms with Crippen LogP contribution in [0.25, 0.3) is 33.4 Å². The highest BCUT2D eigenvalue weighted by molar-refractivity contribution is 5.78. The second-order valence-corrected chi connectivity index (χ2v) is 8.37. The van der Waals surface area contributed by atoms with Crippen LogP contribution in [0, 0.1) is 13.8 Å². The van der Waals surface area contributed by atoms with Gasteiger partial charge in [0.2, 0.25) is 0 Å². The van der Waals surface area contributed by atoms with E-state index in [9.17, 15) is 0 Å². The summed E-state index contributed by atoms with van der Waals surface area (Å²) in [7, 11) is 0. The molecule has 0 aliphatic carbocycles. The third kappa shape index (κ3) is 4.09. The van der Waals surface area contributed by atoms with Crippen LogP contribution in [0.15, 0.2) is 91.0 Å². The number of rotatable bonds is 5. The van der Waals surface area contributed by atoms with Crippen molar-refractivity contribution in [3.8, 4) is 33.4 Å². The van der Waals surface area contributed by atoms with Crippen molar-refractivity contribution in [3.63, 3.8) is 0 Å². The summed E-state index contributed by atoms with van der Waals surface area (Å²) >= 11 is 0. The molecule has 4 aromatic rings. The molecule has 150 valence electrons.